The van der Waals surface area contributed by atoms with Crippen molar-refractivity contribution in [2.45, 2.75) is 32.4 Å². The van der Waals surface area contributed by atoms with Crippen LogP contribution >= 0.6 is 0 Å². The number of hydrogen-bond acceptors (Lipinski definition) is 3. The number of sulfonamides is 1. The summed E-state index contributed by atoms with van der Waals surface area (Å²) >= 11 is 0. The lowest BCUT2D eigenvalue weighted by Gasteiger charge is -2.25. The van der Waals surface area contributed by atoms with Crippen LogP contribution in [0.2, 0.25) is 0 Å². The van der Waals surface area contributed by atoms with E-state index in [1.165, 1.54) is 0 Å². The van der Waals surface area contributed by atoms with Gasteiger partial charge in [0.2, 0.25) is 10.0 Å². The Morgan fingerprint density at radius 2 is 1.60 bits per heavy atom. The van der Waals surface area contributed by atoms with Crippen molar-refractivity contribution in [2.75, 3.05) is 33.7 Å². The molecule has 0 N–H and O–H groups in total. The maximum absolute atomic E-state index is 11.9. The number of nitrogens with zero attached hydrogens (tertiary/aromatic N) is 2. The molecule has 0 aromatic carbocycles. The normalized spacial score (nSPS) is 13.1. The van der Waals surface area contributed by atoms with Crippen LogP contribution < -0.4 is 0 Å². The maximum Gasteiger partial charge on any atom is 0.216 e. The van der Waals surface area contributed by atoms with Gasteiger partial charge in [0.1, 0.15) is 0 Å². The average Bonchev–Trinajstić information content (AvgIpc) is 2.11. The van der Waals surface area contributed by atoms with Crippen LogP contribution in [0.4, 0.5) is 0 Å². The molecule has 0 aromatic rings. The highest BCUT2D eigenvalue weighted by Gasteiger charge is 2.24. The third-order valence-corrected chi connectivity index (χ3v) is 4.50. The molecule has 0 saturated heterocycles. The predicted molar refractivity (Wildman–Crippen MR) is 64.5 cm³/mol. The number of rotatable bonds is 7. The molecule has 0 aliphatic rings. The lowest BCUT2D eigenvalue weighted by molar-refractivity contribution is 0.331. The van der Waals surface area contributed by atoms with Gasteiger partial charge in [-0.3, -0.25) is 0 Å². The highest BCUT2D eigenvalue weighted by atomic mass is 32.2. The number of likely N-dealkylation sites (N-methyl/N-ethyl adjacent to an activating group) is 1. The van der Waals surface area contributed by atoms with Gasteiger partial charge in [-0.25, -0.2) is 12.7 Å². The van der Waals surface area contributed by atoms with Gasteiger partial charge in [0.15, 0.2) is 0 Å². The molecule has 0 rings (SSSR count). The molecular formula is C10H24N2O2S. The molecule has 0 amide bonds. The molecule has 92 valence electrons. The standard InChI is InChI=1S/C10H24N2O2S/c1-6-7-12(9-8-11(4)5)15(13,14)10(2)3/h10H,6-9H2,1-5H3. The van der Waals surface area contributed by atoms with E-state index < -0.39 is 10.0 Å². The van der Waals surface area contributed by atoms with Crippen LogP contribution in [0.3, 0.4) is 0 Å². The minimum absolute atomic E-state index is 0.328. The summed E-state index contributed by atoms with van der Waals surface area (Å²) in [7, 11) is 0.811. The van der Waals surface area contributed by atoms with Crippen molar-refractivity contribution >= 4 is 10.0 Å². The molecule has 0 spiro atoms. The van der Waals surface area contributed by atoms with Gasteiger partial charge in [-0.2, -0.15) is 0 Å². The molecule has 0 bridgehead atoms. The second kappa shape index (κ2) is 6.45. The van der Waals surface area contributed by atoms with Crippen LogP contribution in [0, 0.1) is 0 Å². The lowest BCUT2D eigenvalue weighted by atomic mass is 10.4. The first-order chi connectivity index (χ1) is 6.82. The first-order valence-electron chi connectivity index (χ1n) is 5.46. The Morgan fingerprint density at radius 3 is 1.93 bits per heavy atom. The summed E-state index contributed by atoms with van der Waals surface area (Å²) in [5.74, 6) is 0. The smallest absolute Gasteiger partial charge is 0.216 e. The Kier molecular flexibility index (Phi) is 6.40. The summed E-state index contributed by atoms with van der Waals surface area (Å²) in [5.41, 5.74) is 0. The average molecular weight is 236 g/mol. The molecule has 0 aromatic heterocycles. The number of hydrogen-bond donors (Lipinski definition) is 0. The molecule has 0 fully saturated rings. The van der Waals surface area contributed by atoms with E-state index in [0.29, 0.717) is 13.1 Å². The quantitative estimate of drug-likeness (QED) is 0.662. The largest absolute Gasteiger partial charge is 0.308 e. The summed E-state index contributed by atoms with van der Waals surface area (Å²) < 4.78 is 25.5. The highest BCUT2D eigenvalue weighted by Crippen LogP contribution is 2.08. The van der Waals surface area contributed by atoms with Crippen LogP contribution in [0.5, 0.6) is 0 Å². The van der Waals surface area contributed by atoms with Crippen LogP contribution in [0.15, 0.2) is 0 Å². The van der Waals surface area contributed by atoms with Crippen LogP contribution in [-0.4, -0.2) is 56.6 Å². The van der Waals surface area contributed by atoms with Crippen molar-refractivity contribution < 1.29 is 8.42 Å². The summed E-state index contributed by atoms with van der Waals surface area (Å²) in [6, 6.07) is 0. The van der Waals surface area contributed by atoms with E-state index in [4.69, 9.17) is 0 Å². The van der Waals surface area contributed by atoms with Crippen molar-refractivity contribution in [1.29, 1.82) is 0 Å². The van der Waals surface area contributed by atoms with E-state index in [-0.39, 0.29) is 5.25 Å². The summed E-state index contributed by atoms with van der Waals surface area (Å²) in [6.45, 7) is 7.43. The van der Waals surface area contributed by atoms with Gasteiger partial charge in [0, 0.05) is 19.6 Å². The van der Waals surface area contributed by atoms with E-state index in [1.54, 1.807) is 18.2 Å². The van der Waals surface area contributed by atoms with Gasteiger partial charge in [-0.05, 0) is 34.4 Å². The predicted octanol–water partition coefficient (Wildman–Crippen LogP) is 0.998. The second-order valence-corrected chi connectivity index (χ2v) is 6.79. The van der Waals surface area contributed by atoms with Crippen molar-refractivity contribution in [3.05, 3.63) is 0 Å². The summed E-state index contributed by atoms with van der Waals surface area (Å²) in [5, 5.41) is -0.328. The summed E-state index contributed by atoms with van der Waals surface area (Å²) in [6.07, 6.45) is 0.860. The Balaban J connectivity index is 4.52. The Labute approximate surface area is 94.3 Å². The molecule has 0 atom stereocenters. The second-order valence-electron chi connectivity index (χ2n) is 4.30. The first kappa shape index (κ1) is 14.9. The molecule has 0 unspecified atom stereocenters. The molecule has 0 aliphatic carbocycles. The van der Waals surface area contributed by atoms with E-state index in [2.05, 4.69) is 0 Å². The minimum Gasteiger partial charge on any atom is -0.308 e. The first-order valence-corrected chi connectivity index (χ1v) is 6.96. The van der Waals surface area contributed by atoms with Crippen molar-refractivity contribution in [1.82, 2.24) is 9.21 Å². The molecule has 0 heterocycles. The van der Waals surface area contributed by atoms with E-state index >= 15 is 0 Å². The lowest BCUT2D eigenvalue weighted by Crippen LogP contribution is -2.40. The van der Waals surface area contributed by atoms with Crippen LogP contribution in [0.25, 0.3) is 0 Å². The Bertz CT molecular complexity index is 261. The zero-order chi connectivity index (χ0) is 12.1. The fraction of sp³-hybridized carbons (Fsp3) is 1.00. The van der Waals surface area contributed by atoms with E-state index in [0.717, 1.165) is 13.0 Å². The van der Waals surface area contributed by atoms with E-state index in [1.807, 2.05) is 25.9 Å². The Hall–Kier alpha value is -0.130. The van der Waals surface area contributed by atoms with Crippen molar-refractivity contribution in [3.8, 4) is 0 Å². The molecule has 0 saturated carbocycles. The van der Waals surface area contributed by atoms with Gasteiger partial charge in [-0.1, -0.05) is 6.92 Å². The molecular weight excluding hydrogens is 212 g/mol. The van der Waals surface area contributed by atoms with Crippen LogP contribution in [0.1, 0.15) is 27.2 Å². The zero-order valence-electron chi connectivity index (χ0n) is 10.5. The topological polar surface area (TPSA) is 40.6 Å². The molecule has 0 aliphatic heterocycles. The molecule has 15 heavy (non-hydrogen) atoms. The SMILES string of the molecule is CCCN(CCN(C)C)S(=O)(=O)C(C)C. The van der Waals surface area contributed by atoms with Crippen molar-refractivity contribution in [2.24, 2.45) is 0 Å². The van der Waals surface area contributed by atoms with Gasteiger partial charge in [0.05, 0.1) is 5.25 Å². The Morgan fingerprint density at radius 1 is 1.07 bits per heavy atom. The third kappa shape index (κ3) is 4.95. The summed E-state index contributed by atoms with van der Waals surface area (Å²) in [4.78, 5) is 2.00. The van der Waals surface area contributed by atoms with Crippen molar-refractivity contribution in [3.63, 3.8) is 0 Å². The van der Waals surface area contributed by atoms with E-state index in [9.17, 15) is 8.42 Å². The van der Waals surface area contributed by atoms with Gasteiger partial charge >= 0.3 is 0 Å². The fourth-order valence-electron chi connectivity index (χ4n) is 1.23. The fourth-order valence-corrected chi connectivity index (χ4v) is 2.59. The molecule has 5 heteroatoms. The highest BCUT2D eigenvalue weighted by molar-refractivity contribution is 7.89. The molecule has 0 radical (unpaired) electrons. The van der Waals surface area contributed by atoms with Gasteiger partial charge < -0.3 is 4.90 Å². The third-order valence-electron chi connectivity index (χ3n) is 2.23. The van der Waals surface area contributed by atoms with Gasteiger partial charge in [-0.15, -0.1) is 0 Å². The van der Waals surface area contributed by atoms with Crippen LogP contribution in [-0.2, 0) is 10.0 Å². The molecule has 4 nitrogen and oxygen atoms in total. The van der Waals surface area contributed by atoms with Gasteiger partial charge in [0.25, 0.3) is 0 Å². The zero-order valence-corrected chi connectivity index (χ0v) is 11.3. The minimum atomic E-state index is -3.09. The monoisotopic (exact) mass is 236 g/mol. The maximum atomic E-state index is 11.9.